The lowest BCUT2D eigenvalue weighted by atomic mass is 9.85. The maximum atomic E-state index is 12.4. The zero-order valence-electron chi connectivity index (χ0n) is 11.9. The van der Waals surface area contributed by atoms with Crippen LogP contribution in [0.1, 0.15) is 47.4 Å². The fourth-order valence-corrected chi connectivity index (χ4v) is 2.96. The Morgan fingerprint density at radius 1 is 1.42 bits per heavy atom. The number of aromatic nitrogens is 2. The summed E-state index contributed by atoms with van der Waals surface area (Å²) < 4.78 is 1.73. The number of aliphatic hydroxyl groups is 1. The van der Waals surface area contributed by atoms with Crippen molar-refractivity contribution in [2.45, 2.75) is 45.6 Å². The molecule has 0 bridgehead atoms. The van der Waals surface area contributed by atoms with Crippen LogP contribution >= 0.6 is 0 Å². The van der Waals surface area contributed by atoms with Crippen LogP contribution in [0.25, 0.3) is 0 Å². The molecule has 1 amide bonds. The Hall–Kier alpha value is -1.36. The normalized spacial score (nSPS) is 23.4. The number of nitrogens with one attached hydrogen (secondary N) is 1. The van der Waals surface area contributed by atoms with Gasteiger partial charge in [-0.15, -0.1) is 0 Å². The number of hydrogen-bond donors (Lipinski definition) is 2. The van der Waals surface area contributed by atoms with Gasteiger partial charge < -0.3 is 10.4 Å². The second-order valence-corrected chi connectivity index (χ2v) is 5.48. The average Bonchev–Trinajstić information content (AvgIpc) is 2.64. The van der Waals surface area contributed by atoms with Gasteiger partial charge >= 0.3 is 0 Å². The fraction of sp³-hybridized carbons (Fsp3) is 0.714. The Morgan fingerprint density at radius 3 is 2.68 bits per heavy atom. The lowest BCUT2D eigenvalue weighted by Crippen LogP contribution is -2.43. The minimum Gasteiger partial charge on any atom is -0.396 e. The SMILES string of the molecule is Cc1nn(C)c(C)c1C(=O)NC1CCCCC1CO. The molecule has 2 rings (SSSR count). The first-order valence-electron chi connectivity index (χ1n) is 6.96. The van der Waals surface area contributed by atoms with Gasteiger partial charge in [-0.2, -0.15) is 5.10 Å². The largest absolute Gasteiger partial charge is 0.396 e. The Bertz CT molecular complexity index is 468. The van der Waals surface area contributed by atoms with Crippen LogP contribution < -0.4 is 5.32 Å². The zero-order valence-corrected chi connectivity index (χ0v) is 11.9. The van der Waals surface area contributed by atoms with Crippen molar-refractivity contribution in [1.82, 2.24) is 15.1 Å². The molecule has 5 nitrogen and oxygen atoms in total. The van der Waals surface area contributed by atoms with E-state index in [1.807, 2.05) is 20.9 Å². The minimum absolute atomic E-state index is 0.0616. The Morgan fingerprint density at radius 2 is 2.11 bits per heavy atom. The van der Waals surface area contributed by atoms with Gasteiger partial charge in [0.1, 0.15) is 0 Å². The summed E-state index contributed by atoms with van der Waals surface area (Å²) in [6.45, 7) is 3.90. The van der Waals surface area contributed by atoms with Crippen molar-refractivity contribution >= 4 is 5.91 Å². The third-order valence-corrected chi connectivity index (χ3v) is 4.20. The van der Waals surface area contributed by atoms with E-state index < -0.39 is 0 Å². The molecule has 0 spiro atoms. The Labute approximate surface area is 114 Å². The molecule has 1 heterocycles. The van der Waals surface area contributed by atoms with Gasteiger partial charge in [0, 0.05) is 31.3 Å². The number of rotatable bonds is 3. The monoisotopic (exact) mass is 265 g/mol. The van der Waals surface area contributed by atoms with Crippen molar-refractivity contribution in [2.24, 2.45) is 13.0 Å². The van der Waals surface area contributed by atoms with Gasteiger partial charge in [0.25, 0.3) is 5.91 Å². The van der Waals surface area contributed by atoms with Crippen molar-refractivity contribution in [3.05, 3.63) is 17.0 Å². The van der Waals surface area contributed by atoms with Crippen molar-refractivity contribution in [3.8, 4) is 0 Å². The van der Waals surface area contributed by atoms with Crippen molar-refractivity contribution in [3.63, 3.8) is 0 Å². The molecule has 1 aromatic rings. The van der Waals surface area contributed by atoms with E-state index in [0.717, 1.165) is 37.1 Å². The van der Waals surface area contributed by atoms with Crippen LogP contribution in [0.3, 0.4) is 0 Å². The van der Waals surface area contributed by atoms with E-state index in [1.54, 1.807) is 4.68 Å². The lowest BCUT2D eigenvalue weighted by molar-refractivity contribution is 0.0871. The van der Waals surface area contributed by atoms with E-state index in [4.69, 9.17) is 0 Å². The van der Waals surface area contributed by atoms with Crippen LogP contribution in [-0.2, 0) is 7.05 Å². The summed E-state index contributed by atoms with van der Waals surface area (Å²) >= 11 is 0. The highest BCUT2D eigenvalue weighted by atomic mass is 16.3. The second kappa shape index (κ2) is 5.74. The van der Waals surface area contributed by atoms with Gasteiger partial charge in [0.05, 0.1) is 11.3 Å². The van der Waals surface area contributed by atoms with Crippen LogP contribution in [-0.4, -0.2) is 33.4 Å². The van der Waals surface area contributed by atoms with Crippen molar-refractivity contribution < 1.29 is 9.90 Å². The first-order valence-corrected chi connectivity index (χ1v) is 6.96. The van der Waals surface area contributed by atoms with Crippen molar-refractivity contribution in [1.29, 1.82) is 0 Å². The summed E-state index contributed by atoms with van der Waals surface area (Å²) in [5, 5.41) is 16.7. The smallest absolute Gasteiger partial charge is 0.255 e. The molecule has 0 aliphatic heterocycles. The number of hydrogen-bond acceptors (Lipinski definition) is 3. The number of carbonyl (C=O) groups excluding carboxylic acids is 1. The summed E-state index contributed by atoms with van der Waals surface area (Å²) in [6, 6.07) is 0.0882. The summed E-state index contributed by atoms with van der Waals surface area (Å²) in [6.07, 6.45) is 4.21. The molecule has 106 valence electrons. The molecule has 19 heavy (non-hydrogen) atoms. The van der Waals surface area contributed by atoms with Gasteiger partial charge in [0.2, 0.25) is 0 Å². The number of nitrogens with zero attached hydrogens (tertiary/aromatic N) is 2. The number of aliphatic hydroxyl groups excluding tert-OH is 1. The predicted octanol–water partition coefficient (Wildman–Crippen LogP) is 1.32. The third-order valence-electron chi connectivity index (χ3n) is 4.20. The number of aryl methyl sites for hydroxylation is 2. The standard InChI is InChI=1S/C14H23N3O2/c1-9-13(10(2)17(3)16-9)14(19)15-12-7-5-4-6-11(12)8-18/h11-12,18H,4-8H2,1-3H3,(H,15,19). The summed E-state index contributed by atoms with van der Waals surface area (Å²) in [5.74, 6) is 0.128. The molecule has 0 aromatic carbocycles. The van der Waals surface area contributed by atoms with E-state index in [-0.39, 0.29) is 24.5 Å². The van der Waals surface area contributed by atoms with Crippen LogP contribution in [0, 0.1) is 19.8 Å². The molecule has 5 heteroatoms. The van der Waals surface area contributed by atoms with Gasteiger partial charge in [-0.05, 0) is 26.7 Å². The average molecular weight is 265 g/mol. The first kappa shape index (κ1) is 14.1. The molecular formula is C14H23N3O2. The van der Waals surface area contributed by atoms with E-state index in [2.05, 4.69) is 10.4 Å². The summed E-state index contributed by atoms with van der Waals surface area (Å²) in [4.78, 5) is 12.4. The minimum atomic E-state index is -0.0616. The van der Waals surface area contributed by atoms with Crippen LogP contribution in [0.5, 0.6) is 0 Å². The van der Waals surface area contributed by atoms with E-state index in [0.29, 0.717) is 5.56 Å². The molecule has 2 N–H and O–H groups in total. The molecular weight excluding hydrogens is 242 g/mol. The molecule has 1 aromatic heterocycles. The quantitative estimate of drug-likeness (QED) is 0.866. The maximum Gasteiger partial charge on any atom is 0.255 e. The highest BCUT2D eigenvalue weighted by molar-refractivity contribution is 5.96. The number of amides is 1. The van der Waals surface area contributed by atoms with Crippen molar-refractivity contribution in [2.75, 3.05) is 6.61 Å². The number of carbonyl (C=O) groups is 1. The van der Waals surface area contributed by atoms with Crippen LogP contribution in [0.4, 0.5) is 0 Å². The molecule has 0 saturated heterocycles. The van der Waals surface area contributed by atoms with Crippen LogP contribution in [0.2, 0.25) is 0 Å². The zero-order chi connectivity index (χ0) is 14.0. The Balaban J connectivity index is 2.12. The van der Waals surface area contributed by atoms with E-state index in [9.17, 15) is 9.90 Å². The molecule has 2 atom stereocenters. The van der Waals surface area contributed by atoms with Crippen LogP contribution in [0.15, 0.2) is 0 Å². The van der Waals surface area contributed by atoms with Gasteiger partial charge in [-0.25, -0.2) is 0 Å². The predicted molar refractivity (Wildman–Crippen MR) is 73.0 cm³/mol. The maximum absolute atomic E-state index is 12.4. The van der Waals surface area contributed by atoms with Gasteiger partial charge in [-0.1, -0.05) is 12.8 Å². The Kier molecular flexibility index (Phi) is 4.24. The second-order valence-electron chi connectivity index (χ2n) is 5.48. The highest BCUT2D eigenvalue weighted by Gasteiger charge is 2.27. The molecule has 1 fully saturated rings. The lowest BCUT2D eigenvalue weighted by Gasteiger charge is -2.30. The molecule has 2 unspecified atom stereocenters. The summed E-state index contributed by atoms with van der Waals surface area (Å²) in [7, 11) is 1.84. The van der Waals surface area contributed by atoms with Gasteiger partial charge in [0.15, 0.2) is 0 Å². The summed E-state index contributed by atoms with van der Waals surface area (Å²) in [5.41, 5.74) is 2.31. The van der Waals surface area contributed by atoms with E-state index in [1.165, 1.54) is 0 Å². The van der Waals surface area contributed by atoms with E-state index >= 15 is 0 Å². The molecule has 1 saturated carbocycles. The molecule has 0 radical (unpaired) electrons. The first-order chi connectivity index (χ1) is 9.04. The fourth-order valence-electron chi connectivity index (χ4n) is 2.96. The topological polar surface area (TPSA) is 67.2 Å². The molecule has 1 aliphatic rings. The highest BCUT2D eigenvalue weighted by Crippen LogP contribution is 2.24. The van der Waals surface area contributed by atoms with Gasteiger partial charge in [-0.3, -0.25) is 9.48 Å². The molecule has 1 aliphatic carbocycles. The third kappa shape index (κ3) is 2.81.